The summed E-state index contributed by atoms with van der Waals surface area (Å²) in [7, 11) is 0. The van der Waals surface area contributed by atoms with Gasteiger partial charge in [0.1, 0.15) is 16.9 Å². The highest BCUT2D eigenvalue weighted by Crippen LogP contribution is 2.32. The summed E-state index contributed by atoms with van der Waals surface area (Å²) in [4.78, 5) is 36.5. The Morgan fingerprint density at radius 2 is 2.03 bits per heavy atom. The Balaban J connectivity index is 1.49. The molecule has 1 unspecified atom stereocenters. The summed E-state index contributed by atoms with van der Waals surface area (Å²) in [5.41, 5.74) is 9.56. The van der Waals surface area contributed by atoms with Gasteiger partial charge in [0.25, 0.3) is 5.91 Å². The highest BCUT2D eigenvalue weighted by Gasteiger charge is 2.32. The number of carbonyl (C=O) groups is 2. The van der Waals surface area contributed by atoms with Gasteiger partial charge in [0, 0.05) is 19.3 Å². The van der Waals surface area contributed by atoms with E-state index in [1.165, 1.54) is 0 Å². The Kier molecular flexibility index (Phi) is 6.01. The molecule has 0 aliphatic carbocycles. The molecule has 1 aliphatic heterocycles. The first-order valence-corrected chi connectivity index (χ1v) is 12.3. The highest BCUT2D eigenvalue weighted by molar-refractivity contribution is 6.13. The summed E-state index contributed by atoms with van der Waals surface area (Å²) in [6.07, 6.45) is 2.85. The van der Waals surface area contributed by atoms with E-state index in [2.05, 4.69) is 15.3 Å². The van der Waals surface area contributed by atoms with Crippen molar-refractivity contribution in [3.63, 3.8) is 0 Å². The van der Waals surface area contributed by atoms with Gasteiger partial charge in [-0.05, 0) is 70.7 Å². The monoisotopic (exact) mass is 505 g/mol. The molecule has 1 saturated heterocycles. The first kappa shape index (κ1) is 24.5. The predicted molar refractivity (Wildman–Crippen MR) is 139 cm³/mol. The van der Waals surface area contributed by atoms with Gasteiger partial charge in [0.15, 0.2) is 11.3 Å². The van der Waals surface area contributed by atoms with E-state index in [4.69, 9.17) is 20.0 Å². The Bertz CT molecular complexity index is 1510. The molecule has 1 fully saturated rings. The van der Waals surface area contributed by atoms with Gasteiger partial charge in [-0.25, -0.2) is 9.78 Å². The third-order valence-electron chi connectivity index (χ3n) is 6.31. The van der Waals surface area contributed by atoms with Crippen molar-refractivity contribution < 1.29 is 18.7 Å². The third kappa shape index (κ3) is 4.81. The molecule has 0 radical (unpaired) electrons. The minimum atomic E-state index is -0.590. The van der Waals surface area contributed by atoms with Crippen LogP contribution < -0.4 is 11.1 Å². The number of aryl methyl sites for hydroxylation is 2. The molecule has 5 rings (SSSR count). The van der Waals surface area contributed by atoms with Gasteiger partial charge >= 0.3 is 12.1 Å². The first-order valence-electron chi connectivity index (χ1n) is 12.3. The van der Waals surface area contributed by atoms with Crippen molar-refractivity contribution >= 4 is 45.8 Å². The molecule has 0 bridgehead atoms. The van der Waals surface area contributed by atoms with Crippen molar-refractivity contribution in [2.45, 2.75) is 59.1 Å². The number of carbonyl (C=O) groups excluding carboxylic acids is 2. The molecule has 0 spiro atoms. The summed E-state index contributed by atoms with van der Waals surface area (Å²) < 4.78 is 13.1. The van der Waals surface area contributed by atoms with E-state index in [0.717, 1.165) is 24.0 Å². The number of fused-ring (bicyclic) bond motifs is 2. The number of rotatable bonds is 3. The fourth-order valence-corrected chi connectivity index (χ4v) is 4.66. The molecule has 4 aromatic rings. The van der Waals surface area contributed by atoms with Crippen LogP contribution >= 0.6 is 0 Å². The molecule has 194 valence electrons. The van der Waals surface area contributed by atoms with Crippen LogP contribution in [0.3, 0.4) is 0 Å². The summed E-state index contributed by atoms with van der Waals surface area (Å²) >= 11 is 0. The van der Waals surface area contributed by atoms with Crippen LogP contribution in [0, 0.1) is 13.8 Å². The molecular formula is C26H31N7O4. The maximum absolute atomic E-state index is 13.4. The van der Waals surface area contributed by atoms with Crippen LogP contribution in [0.4, 0.5) is 16.6 Å². The quantitative estimate of drug-likeness (QED) is 0.412. The van der Waals surface area contributed by atoms with E-state index in [0.29, 0.717) is 35.1 Å². The number of nitrogens with two attached hydrogens (primary N) is 1. The summed E-state index contributed by atoms with van der Waals surface area (Å²) in [6, 6.07) is 5.50. The lowest BCUT2D eigenvalue weighted by atomic mass is 10.1. The SMILES string of the molecule is Cc1ccc2oc(NC(=O)c3nn(C4CCCN(C(=O)OC(C)(C)C)C4)c4c(C)cnc(N)c34)nc2c1. The van der Waals surface area contributed by atoms with Crippen LogP contribution in [0.5, 0.6) is 0 Å². The summed E-state index contributed by atoms with van der Waals surface area (Å²) in [5, 5.41) is 7.88. The Morgan fingerprint density at radius 3 is 2.78 bits per heavy atom. The number of oxazole rings is 1. The van der Waals surface area contributed by atoms with E-state index >= 15 is 0 Å². The number of hydrogen-bond acceptors (Lipinski definition) is 8. The van der Waals surface area contributed by atoms with Crippen molar-refractivity contribution in [3.8, 4) is 0 Å². The Labute approximate surface area is 214 Å². The molecule has 3 aromatic heterocycles. The maximum Gasteiger partial charge on any atom is 0.410 e. The van der Waals surface area contributed by atoms with Crippen molar-refractivity contribution in [2.75, 3.05) is 24.1 Å². The largest absolute Gasteiger partial charge is 0.444 e. The second-order valence-corrected chi connectivity index (χ2v) is 10.5. The molecule has 37 heavy (non-hydrogen) atoms. The second kappa shape index (κ2) is 9.06. The normalized spacial score (nSPS) is 16.4. The van der Waals surface area contributed by atoms with Crippen molar-refractivity contribution in [1.82, 2.24) is 24.6 Å². The van der Waals surface area contributed by atoms with Crippen LogP contribution in [0.2, 0.25) is 0 Å². The van der Waals surface area contributed by atoms with E-state index in [9.17, 15) is 9.59 Å². The molecular weight excluding hydrogens is 474 g/mol. The molecule has 1 aromatic carbocycles. The molecule has 0 saturated carbocycles. The van der Waals surface area contributed by atoms with Crippen LogP contribution in [0.25, 0.3) is 22.0 Å². The highest BCUT2D eigenvalue weighted by atomic mass is 16.6. The van der Waals surface area contributed by atoms with Crippen molar-refractivity contribution in [3.05, 3.63) is 41.2 Å². The van der Waals surface area contributed by atoms with Crippen molar-refractivity contribution in [2.24, 2.45) is 0 Å². The zero-order valence-electron chi connectivity index (χ0n) is 21.7. The van der Waals surface area contributed by atoms with Crippen LogP contribution in [-0.2, 0) is 4.74 Å². The lowest BCUT2D eigenvalue weighted by Gasteiger charge is -2.34. The number of aromatic nitrogens is 4. The zero-order valence-corrected chi connectivity index (χ0v) is 21.7. The minimum Gasteiger partial charge on any atom is -0.444 e. The number of amides is 2. The van der Waals surface area contributed by atoms with E-state index in [1.54, 1.807) is 15.8 Å². The number of ether oxygens (including phenoxy) is 1. The van der Waals surface area contributed by atoms with E-state index < -0.39 is 11.5 Å². The molecule has 1 aliphatic rings. The summed E-state index contributed by atoms with van der Waals surface area (Å²) in [6.45, 7) is 10.4. The third-order valence-corrected chi connectivity index (χ3v) is 6.31. The first-order chi connectivity index (χ1) is 17.5. The minimum absolute atomic E-state index is 0.0706. The van der Waals surface area contributed by atoms with Crippen LogP contribution in [-0.4, -0.2) is 55.3 Å². The van der Waals surface area contributed by atoms with Gasteiger partial charge in [-0.1, -0.05) is 6.07 Å². The lowest BCUT2D eigenvalue weighted by Crippen LogP contribution is -2.43. The molecule has 11 nitrogen and oxygen atoms in total. The number of piperidine rings is 1. The standard InChI is InChI=1S/C26H31N7O4/c1-14-8-9-18-17(11-14)29-24(36-18)30-23(34)20-19-21(15(2)12-28-22(19)27)33(31-20)16-7-6-10-32(13-16)25(35)37-26(3,4)5/h8-9,11-12,16H,6-7,10,13H2,1-5H3,(H2,27,28)(H,29,30,34). The van der Waals surface area contributed by atoms with E-state index in [-0.39, 0.29) is 29.7 Å². The number of anilines is 2. The smallest absolute Gasteiger partial charge is 0.410 e. The Morgan fingerprint density at radius 1 is 1.24 bits per heavy atom. The number of nitrogens with one attached hydrogen (secondary N) is 1. The van der Waals surface area contributed by atoms with Gasteiger partial charge in [-0.3, -0.25) is 14.8 Å². The number of hydrogen-bond donors (Lipinski definition) is 2. The molecule has 3 N–H and O–H groups in total. The average molecular weight is 506 g/mol. The topological polar surface area (TPSA) is 141 Å². The molecule has 4 heterocycles. The zero-order chi connectivity index (χ0) is 26.5. The number of likely N-dealkylation sites (tertiary alicyclic amines) is 1. The number of pyridine rings is 1. The Hall–Kier alpha value is -4.15. The van der Waals surface area contributed by atoms with Gasteiger partial charge in [-0.15, -0.1) is 0 Å². The molecule has 1 atom stereocenters. The van der Waals surface area contributed by atoms with Gasteiger partial charge in [0.2, 0.25) is 0 Å². The number of benzene rings is 1. The van der Waals surface area contributed by atoms with Gasteiger partial charge in [-0.2, -0.15) is 10.1 Å². The van der Waals surface area contributed by atoms with Gasteiger partial charge < -0.3 is 19.8 Å². The van der Waals surface area contributed by atoms with Crippen LogP contribution in [0.1, 0.15) is 61.3 Å². The lowest BCUT2D eigenvalue weighted by molar-refractivity contribution is 0.0169. The molecule has 11 heteroatoms. The van der Waals surface area contributed by atoms with Crippen molar-refractivity contribution in [1.29, 1.82) is 0 Å². The second-order valence-electron chi connectivity index (χ2n) is 10.5. The number of nitrogen functional groups attached to an aromatic ring is 1. The fraction of sp³-hybridized carbons (Fsp3) is 0.423. The molecule has 2 amide bonds. The average Bonchev–Trinajstić information content (AvgIpc) is 3.42. The maximum atomic E-state index is 13.4. The predicted octanol–water partition coefficient (Wildman–Crippen LogP) is 4.60. The van der Waals surface area contributed by atoms with Gasteiger partial charge in [0.05, 0.1) is 16.9 Å². The van der Waals surface area contributed by atoms with Crippen LogP contribution in [0.15, 0.2) is 28.8 Å². The number of nitrogens with zero attached hydrogens (tertiary/aromatic N) is 5. The van der Waals surface area contributed by atoms with E-state index in [1.807, 2.05) is 52.8 Å². The fourth-order valence-electron chi connectivity index (χ4n) is 4.66. The summed E-state index contributed by atoms with van der Waals surface area (Å²) in [5.74, 6) is -0.309.